The summed E-state index contributed by atoms with van der Waals surface area (Å²) in [5.41, 5.74) is 1.25. The van der Waals surface area contributed by atoms with Crippen molar-refractivity contribution in [1.82, 2.24) is 0 Å². The lowest BCUT2D eigenvalue weighted by atomic mass is 9.45. The molecule has 4 saturated carbocycles. The summed E-state index contributed by atoms with van der Waals surface area (Å²) in [6.45, 7) is 12.0. The zero-order chi connectivity index (χ0) is 17.2. The van der Waals surface area contributed by atoms with Crippen LogP contribution in [0.5, 0.6) is 0 Å². The van der Waals surface area contributed by atoms with Crippen LogP contribution >= 0.6 is 0 Å². The molecule has 0 bridgehead atoms. The lowest BCUT2D eigenvalue weighted by Crippen LogP contribution is -2.51. The van der Waals surface area contributed by atoms with Crippen molar-refractivity contribution in [2.45, 2.75) is 111 Å². The summed E-state index contributed by atoms with van der Waals surface area (Å²) in [7, 11) is 0. The van der Waals surface area contributed by atoms with Crippen LogP contribution in [0.15, 0.2) is 0 Å². The minimum absolute atomic E-state index is 0.0148. The number of hydrogen-bond acceptors (Lipinski definition) is 1. The molecule has 0 spiro atoms. The molecule has 0 aromatic heterocycles. The van der Waals surface area contributed by atoms with Gasteiger partial charge in [-0.25, -0.2) is 0 Å². The van der Waals surface area contributed by atoms with Crippen molar-refractivity contribution in [2.24, 2.45) is 34.5 Å². The first-order valence-corrected chi connectivity index (χ1v) is 10.9. The van der Waals surface area contributed by atoms with Crippen molar-refractivity contribution in [3.63, 3.8) is 0 Å². The van der Waals surface area contributed by atoms with Gasteiger partial charge in [-0.05, 0) is 107 Å². The van der Waals surface area contributed by atoms with E-state index in [2.05, 4.69) is 34.6 Å². The third kappa shape index (κ3) is 2.78. The topological polar surface area (TPSA) is 9.23 Å². The molecule has 0 heterocycles. The highest BCUT2D eigenvalue weighted by Gasteiger charge is 2.58. The Labute approximate surface area is 150 Å². The third-order valence-electron chi connectivity index (χ3n) is 8.83. The maximum atomic E-state index is 6.47. The molecule has 1 nitrogen and oxygen atoms in total. The molecule has 0 aliphatic heterocycles. The van der Waals surface area contributed by atoms with E-state index in [-0.39, 0.29) is 5.60 Å². The van der Waals surface area contributed by atoms with E-state index in [4.69, 9.17) is 4.74 Å². The van der Waals surface area contributed by atoms with Gasteiger partial charge in [-0.3, -0.25) is 0 Å². The van der Waals surface area contributed by atoms with Crippen LogP contribution in [-0.4, -0.2) is 11.7 Å². The minimum atomic E-state index is 0.0148. The van der Waals surface area contributed by atoms with Gasteiger partial charge < -0.3 is 4.74 Å². The Morgan fingerprint density at radius 1 is 0.875 bits per heavy atom. The summed E-state index contributed by atoms with van der Waals surface area (Å²) >= 11 is 0. The average molecular weight is 333 g/mol. The summed E-state index contributed by atoms with van der Waals surface area (Å²) in [5.74, 6) is 3.99. The summed E-state index contributed by atoms with van der Waals surface area (Å²) in [5, 5.41) is 0. The van der Waals surface area contributed by atoms with E-state index >= 15 is 0 Å². The summed E-state index contributed by atoms with van der Waals surface area (Å²) in [4.78, 5) is 0. The Balaban J connectivity index is 1.55. The van der Waals surface area contributed by atoms with E-state index < -0.39 is 0 Å². The molecule has 7 atom stereocenters. The Bertz CT molecular complexity index is 477. The SMILES string of the molecule is CC(C)(C)OC1C[C@H]2[C@@H]3CCC4CCCC[C@]4(C)[C@@H]3CC[C@]2(C)C1. The predicted octanol–water partition coefficient (Wildman–Crippen LogP) is 6.60. The van der Waals surface area contributed by atoms with Gasteiger partial charge in [0.15, 0.2) is 0 Å². The minimum Gasteiger partial charge on any atom is -0.373 e. The van der Waals surface area contributed by atoms with Gasteiger partial charge in [0.25, 0.3) is 0 Å². The second-order valence-electron chi connectivity index (χ2n) is 11.4. The van der Waals surface area contributed by atoms with Crippen molar-refractivity contribution in [1.29, 1.82) is 0 Å². The highest BCUT2D eigenvalue weighted by Crippen LogP contribution is 2.66. The highest BCUT2D eigenvalue weighted by atomic mass is 16.5. The van der Waals surface area contributed by atoms with E-state index in [0.29, 0.717) is 16.9 Å². The van der Waals surface area contributed by atoms with E-state index in [1.165, 1.54) is 64.2 Å². The smallest absolute Gasteiger partial charge is 0.0602 e. The first-order valence-electron chi connectivity index (χ1n) is 10.9. The second-order valence-corrected chi connectivity index (χ2v) is 11.4. The maximum Gasteiger partial charge on any atom is 0.0602 e. The van der Waals surface area contributed by atoms with E-state index in [9.17, 15) is 0 Å². The van der Waals surface area contributed by atoms with Crippen LogP contribution in [0.2, 0.25) is 0 Å². The van der Waals surface area contributed by atoms with Crippen LogP contribution in [0.4, 0.5) is 0 Å². The van der Waals surface area contributed by atoms with Crippen molar-refractivity contribution in [2.75, 3.05) is 0 Å². The summed E-state index contributed by atoms with van der Waals surface area (Å²) < 4.78 is 6.47. The lowest BCUT2D eigenvalue weighted by molar-refractivity contribution is -0.103. The molecule has 138 valence electrons. The molecule has 0 amide bonds. The molecule has 0 saturated heterocycles. The standard InChI is InChI=1S/C23H40O/c1-21(2,3)24-17-14-20-18-10-9-16-8-6-7-12-23(16,5)19(18)11-13-22(20,4)15-17/h16-20H,6-15H2,1-5H3/t16?,17?,18-,19-,20+,22-,23+/m1/s1. The summed E-state index contributed by atoms with van der Waals surface area (Å²) in [6, 6.07) is 0. The maximum absolute atomic E-state index is 6.47. The van der Waals surface area contributed by atoms with Gasteiger partial charge >= 0.3 is 0 Å². The van der Waals surface area contributed by atoms with Gasteiger partial charge in [-0.15, -0.1) is 0 Å². The van der Waals surface area contributed by atoms with Crippen LogP contribution in [0.25, 0.3) is 0 Å². The quantitative estimate of drug-likeness (QED) is 0.525. The number of fused-ring (bicyclic) bond motifs is 5. The largest absolute Gasteiger partial charge is 0.373 e. The van der Waals surface area contributed by atoms with E-state index in [1.54, 1.807) is 0 Å². The van der Waals surface area contributed by atoms with Crippen LogP contribution in [0.1, 0.15) is 98.8 Å². The van der Waals surface area contributed by atoms with Crippen molar-refractivity contribution in [3.8, 4) is 0 Å². The van der Waals surface area contributed by atoms with Crippen molar-refractivity contribution >= 4 is 0 Å². The fourth-order valence-electron chi connectivity index (χ4n) is 7.88. The molecular weight excluding hydrogens is 292 g/mol. The second kappa shape index (κ2) is 5.73. The lowest BCUT2D eigenvalue weighted by Gasteiger charge is -2.60. The van der Waals surface area contributed by atoms with Crippen molar-refractivity contribution in [3.05, 3.63) is 0 Å². The Kier molecular flexibility index (Phi) is 4.15. The molecule has 4 fully saturated rings. The predicted molar refractivity (Wildman–Crippen MR) is 101 cm³/mol. The fraction of sp³-hybridized carbons (Fsp3) is 1.00. The van der Waals surface area contributed by atoms with Gasteiger partial charge in [0, 0.05) is 0 Å². The van der Waals surface area contributed by atoms with Gasteiger partial charge in [-0.1, -0.05) is 26.7 Å². The van der Waals surface area contributed by atoms with Crippen LogP contribution in [-0.2, 0) is 4.74 Å². The molecule has 0 N–H and O–H groups in total. The molecule has 2 unspecified atom stereocenters. The molecule has 24 heavy (non-hydrogen) atoms. The van der Waals surface area contributed by atoms with Crippen LogP contribution in [0, 0.1) is 34.5 Å². The third-order valence-corrected chi connectivity index (χ3v) is 8.83. The molecule has 1 heteroatoms. The van der Waals surface area contributed by atoms with Gasteiger partial charge in [0.05, 0.1) is 11.7 Å². The van der Waals surface area contributed by atoms with Crippen LogP contribution in [0.3, 0.4) is 0 Å². The molecule has 4 aliphatic carbocycles. The number of hydrogen-bond donors (Lipinski definition) is 0. The van der Waals surface area contributed by atoms with Gasteiger partial charge in [-0.2, -0.15) is 0 Å². The Hall–Kier alpha value is -0.0400. The van der Waals surface area contributed by atoms with Gasteiger partial charge in [0.2, 0.25) is 0 Å². The first kappa shape index (κ1) is 17.4. The molecule has 0 aromatic rings. The first-order chi connectivity index (χ1) is 11.2. The normalized spacial score (nSPS) is 51.6. The van der Waals surface area contributed by atoms with Crippen molar-refractivity contribution < 1.29 is 4.74 Å². The van der Waals surface area contributed by atoms with E-state index in [0.717, 1.165) is 23.7 Å². The fourth-order valence-corrected chi connectivity index (χ4v) is 7.88. The molecule has 4 rings (SSSR count). The Morgan fingerprint density at radius 3 is 2.42 bits per heavy atom. The number of rotatable bonds is 1. The molecule has 0 aromatic carbocycles. The average Bonchev–Trinajstić information content (AvgIpc) is 2.80. The van der Waals surface area contributed by atoms with Crippen LogP contribution < -0.4 is 0 Å². The Morgan fingerprint density at radius 2 is 1.67 bits per heavy atom. The van der Waals surface area contributed by atoms with Gasteiger partial charge in [0.1, 0.15) is 0 Å². The molecular formula is C23H40O. The zero-order valence-electron chi connectivity index (χ0n) is 16.9. The number of ether oxygens (including phenoxy) is 1. The highest BCUT2D eigenvalue weighted by molar-refractivity contribution is 5.08. The summed E-state index contributed by atoms with van der Waals surface area (Å²) in [6.07, 6.45) is 15.2. The molecule has 4 aliphatic rings. The van der Waals surface area contributed by atoms with E-state index in [1.807, 2.05) is 0 Å². The zero-order valence-corrected chi connectivity index (χ0v) is 16.9. The molecule has 0 radical (unpaired) electrons. The monoisotopic (exact) mass is 332 g/mol.